The van der Waals surface area contributed by atoms with Crippen molar-refractivity contribution in [3.05, 3.63) is 29.8 Å². The third kappa shape index (κ3) is 5.25. The van der Waals surface area contributed by atoms with Crippen molar-refractivity contribution in [3.8, 4) is 0 Å². The number of nitrogens with zero attached hydrogens (tertiary/aromatic N) is 3. The van der Waals surface area contributed by atoms with Crippen LogP contribution in [0.3, 0.4) is 0 Å². The highest BCUT2D eigenvalue weighted by atomic mass is 35.5. The molecule has 0 saturated carbocycles. The number of hydrogen-bond donors (Lipinski definition) is 0. The van der Waals surface area contributed by atoms with E-state index >= 15 is 0 Å². The van der Waals surface area contributed by atoms with Gasteiger partial charge in [0.1, 0.15) is 5.25 Å². The molecule has 35 heavy (non-hydrogen) atoms. The van der Waals surface area contributed by atoms with E-state index < -0.39 is 32.9 Å². The van der Waals surface area contributed by atoms with Gasteiger partial charge in [-0.25, -0.2) is 12.7 Å². The predicted octanol–water partition coefficient (Wildman–Crippen LogP) is 3.17. The molecule has 4 atom stereocenters. The van der Waals surface area contributed by atoms with Crippen LogP contribution in [0.25, 0.3) is 0 Å². The maximum atomic E-state index is 13.0. The molecule has 1 aromatic rings. The number of rotatable bonds is 6. The second-order valence-electron chi connectivity index (χ2n) is 9.32. The summed E-state index contributed by atoms with van der Waals surface area (Å²) < 4.78 is 71.4. The molecule has 4 unspecified atom stereocenters. The number of alkyl halides is 3. The van der Waals surface area contributed by atoms with E-state index in [9.17, 15) is 26.4 Å². The van der Waals surface area contributed by atoms with Crippen LogP contribution in [0.15, 0.2) is 24.3 Å². The van der Waals surface area contributed by atoms with Crippen LogP contribution in [0, 0.1) is 5.92 Å². The Kier molecular flexibility index (Phi) is 8.58. The number of hydrogen-bond acceptors (Lipinski definition) is 6. The lowest BCUT2D eigenvalue weighted by atomic mass is 9.88. The van der Waals surface area contributed by atoms with Crippen molar-refractivity contribution < 1.29 is 31.1 Å². The number of anilines is 1. The Bertz CT molecular complexity index is 1020. The van der Waals surface area contributed by atoms with E-state index in [-0.39, 0.29) is 49.5 Å². The Labute approximate surface area is 215 Å². The van der Waals surface area contributed by atoms with Gasteiger partial charge in [0.05, 0.1) is 23.7 Å². The van der Waals surface area contributed by atoms with Gasteiger partial charge in [0, 0.05) is 38.4 Å². The average Bonchev–Trinajstić information content (AvgIpc) is 3.45. The van der Waals surface area contributed by atoms with Crippen LogP contribution in [-0.4, -0.2) is 80.3 Å². The molecule has 5 rings (SSSR count). The van der Waals surface area contributed by atoms with Crippen molar-refractivity contribution in [2.24, 2.45) is 5.92 Å². The number of carbonyl (C=O) groups excluding carboxylic acids is 1. The Morgan fingerprint density at radius 2 is 1.63 bits per heavy atom. The molecule has 4 aliphatic heterocycles. The fourth-order valence-electron chi connectivity index (χ4n) is 5.69. The summed E-state index contributed by atoms with van der Waals surface area (Å²) in [5, 5.41) is -0.701. The van der Waals surface area contributed by atoms with Crippen LogP contribution in [0.5, 0.6) is 0 Å². The number of benzene rings is 1. The van der Waals surface area contributed by atoms with Gasteiger partial charge in [-0.15, -0.1) is 24.8 Å². The highest BCUT2D eigenvalue weighted by molar-refractivity contribution is 7.90. The molecule has 0 aliphatic carbocycles. The minimum absolute atomic E-state index is 0. The molecule has 4 aliphatic rings. The molecule has 0 aromatic heterocycles. The number of sulfonamides is 1. The fraction of sp³-hybridized carbons (Fsp3) is 0.682. The van der Waals surface area contributed by atoms with Crippen molar-refractivity contribution in [1.82, 2.24) is 9.21 Å². The topological polar surface area (TPSA) is 70.2 Å². The zero-order valence-corrected chi connectivity index (χ0v) is 21.5. The number of amides is 1. The van der Waals surface area contributed by atoms with Gasteiger partial charge >= 0.3 is 6.18 Å². The standard InChI is InChI=1S/C22H28F3N3O4S.2ClH/c23-22(24,25)15-4-3-5-16(14-15)27-12-10-26(11-13-27)8-1-2-9-28-21(29)19-17-6-7-18(32-17)20(19)33(28,30)31;;/h3-5,14,17-20H,1-2,6-13H2;2*1H. The summed E-state index contributed by atoms with van der Waals surface area (Å²) in [4.78, 5) is 16.9. The number of carbonyl (C=O) groups is 1. The van der Waals surface area contributed by atoms with E-state index in [2.05, 4.69) is 4.90 Å². The first kappa shape index (κ1) is 28.3. The summed E-state index contributed by atoms with van der Waals surface area (Å²) in [6, 6.07) is 5.40. The Morgan fingerprint density at radius 3 is 2.29 bits per heavy atom. The summed E-state index contributed by atoms with van der Waals surface area (Å²) in [7, 11) is -3.64. The molecule has 4 heterocycles. The highest BCUT2D eigenvalue weighted by Crippen LogP contribution is 2.48. The van der Waals surface area contributed by atoms with Crippen LogP contribution in [0.4, 0.5) is 18.9 Å². The summed E-state index contributed by atoms with van der Waals surface area (Å²) in [6.07, 6.45) is -2.14. The van der Waals surface area contributed by atoms with Crippen LogP contribution >= 0.6 is 24.8 Å². The third-order valence-corrected chi connectivity index (χ3v) is 9.65. The largest absolute Gasteiger partial charge is 0.416 e. The number of halogens is 5. The monoisotopic (exact) mass is 559 g/mol. The Balaban J connectivity index is 0.00000171. The summed E-state index contributed by atoms with van der Waals surface area (Å²) >= 11 is 0. The van der Waals surface area contributed by atoms with E-state index in [1.54, 1.807) is 6.07 Å². The zero-order valence-electron chi connectivity index (χ0n) is 19.0. The molecule has 0 N–H and O–H groups in total. The van der Waals surface area contributed by atoms with E-state index in [1.807, 2.05) is 4.90 Å². The lowest BCUT2D eigenvalue weighted by molar-refractivity contribution is -0.137. The first-order valence-electron chi connectivity index (χ1n) is 11.5. The van der Waals surface area contributed by atoms with E-state index in [1.165, 1.54) is 12.1 Å². The van der Waals surface area contributed by atoms with Crippen LogP contribution < -0.4 is 4.90 Å². The first-order chi connectivity index (χ1) is 15.7. The van der Waals surface area contributed by atoms with E-state index in [4.69, 9.17) is 4.74 Å². The van der Waals surface area contributed by atoms with E-state index in [0.717, 1.165) is 42.8 Å². The van der Waals surface area contributed by atoms with Crippen molar-refractivity contribution in [2.75, 3.05) is 44.2 Å². The number of unbranched alkanes of at least 4 members (excludes halogenated alkanes) is 1. The van der Waals surface area contributed by atoms with Crippen molar-refractivity contribution in [1.29, 1.82) is 0 Å². The normalized spacial score (nSPS) is 29.6. The molecule has 0 spiro atoms. The molecule has 13 heteroatoms. The van der Waals surface area contributed by atoms with Gasteiger partial charge in [-0.05, 0) is 50.4 Å². The fourth-order valence-corrected chi connectivity index (χ4v) is 7.99. The van der Waals surface area contributed by atoms with Gasteiger partial charge < -0.3 is 9.64 Å². The Morgan fingerprint density at radius 1 is 0.971 bits per heavy atom. The molecular formula is C22H30Cl2F3N3O4S. The lowest BCUT2D eigenvalue weighted by Gasteiger charge is -2.36. The van der Waals surface area contributed by atoms with Crippen LogP contribution in [0.2, 0.25) is 0 Å². The van der Waals surface area contributed by atoms with E-state index in [0.29, 0.717) is 31.6 Å². The molecule has 4 fully saturated rings. The second kappa shape index (κ2) is 10.6. The smallest absolute Gasteiger partial charge is 0.373 e. The predicted molar refractivity (Wildman–Crippen MR) is 130 cm³/mol. The minimum Gasteiger partial charge on any atom is -0.373 e. The number of ether oxygens (including phenoxy) is 1. The van der Waals surface area contributed by atoms with Crippen molar-refractivity contribution in [2.45, 2.75) is 49.3 Å². The van der Waals surface area contributed by atoms with Gasteiger partial charge in [-0.3, -0.25) is 9.69 Å². The number of piperazine rings is 1. The van der Waals surface area contributed by atoms with Gasteiger partial charge in [0.15, 0.2) is 0 Å². The zero-order chi connectivity index (χ0) is 23.4. The van der Waals surface area contributed by atoms with Crippen LogP contribution in [0.1, 0.15) is 31.2 Å². The molecule has 4 saturated heterocycles. The SMILES string of the molecule is Cl.Cl.O=C1C2C3CCC(O3)C2S(=O)(=O)N1CCCCN1CCN(c2cccc(C(F)(F)F)c2)CC1. The van der Waals surface area contributed by atoms with Gasteiger partial charge in [0.25, 0.3) is 0 Å². The molecule has 0 radical (unpaired) electrons. The second-order valence-corrected chi connectivity index (χ2v) is 11.3. The maximum Gasteiger partial charge on any atom is 0.416 e. The lowest BCUT2D eigenvalue weighted by Crippen LogP contribution is -2.46. The highest BCUT2D eigenvalue weighted by Gasteiger charge is 2.65. The minimum atomic E-state index is -4.35. The molecule has 1 aromatic carbocycles. The average molecular weight is 560 g/mol. The van der Waals surface area contributed by atoms with Gasteiger partial charge in [0.2, 0.25) is 15.9 Å². The first-order valence-corrected chi connectivity index (χ1v) is 13.0. The van der Waals surface area contributed by atoms with Gasteiger partial charge in [-0.1, -0.05) is 6.07 Å². The molecule has 2 bridgehead atoms. The molecule has 7 nitrogen and oxygen atoms in total. The van der Waals surface area contributed by atoms with Gasteiger partial charge in [-0.2, -0.15) is 13.2 Å². The molecular weight excluding hydrogens is 530 g/mol. The molecule has 1 amide bonds. The quantitative estimate of drug-likeness (QED) is 0.498. The summed E-state index contributed by atoms with van der Waals surface area (Å²) in [6.45, 7) is 3.68. The van der Waals surface area contributed by atoms with Crippen molar-refractivity contribution in [3.63, 3.8) is 0 Å². The van der Waals surface area contributed by atoms with Crippen LogP contribution in [-0.2, 0) is 25.7 Å². The summed E-state index contributed by atoms with van der Waals surface area (Å²) in [5.41, 5.74) is -0.0664. The Hall–Kier alpha value is -1.27. The maximum absolute atomic E-state index is 13.0. The third-order valence-electron chi connectivity index (χ3n) is 7.38. The number of fused-ring (bicyclic) bond motifs is 5. The molecule has 198 valence electrons. The summed E-state index contributed by atoms with van der Waals surface area (Å²) in [5.74, 6) is -0.834. The van der Waals surface area contributed by atoms with Crippen molar-refractivity contribution >= 4 is 46.4 Å².